The molecule has 6 nitrogen and oxygen atoms in total. The van der Waals surface area contributed by atoms with E-state index in [0.29, 0.717) is 10.7 Å². The summed E-state index contributed by atoms with van der Waals surface area (Å²) < 4.78 is 26.6. The third kappa shape index (κ3) is 2.80. The van der Waals surface area contributed by atoms with Crippen molar-refractivity contribution in [3.05, 3.63) is 28.8 Å². The molecule has 2 rings (SSSR count). The number of amides is 1. The molecule has 1 heterocycles. The number of halogens is 1. The van der Waals surface area contributed by atoms with Crippen molar-refractivity contribution in [2.45, 2.75) is 13.0 Å². The molecule has 0 bridgehead atoms. The van der Waals surface area contributed by atoms with Gasteiger partial charge in [0.1, 0.15) is 6.04 Å². The number of nitrogens with zero attached hydrogens (tertiary/aromatic N) is 2. The van der Waals surface area contributed by atoms with E-state index in [-0.39, 0.29) is 12.5 Å². The fourth-order valence-corrected chi connectivity index (χ4v) is 3.17. The molecule has 20 heavy (non-hydrogen) atoms. The summed E-state index contributed by atoms with van der Waals surface area (Å²) in [6, 6.07) is 4.44. The number of hydrogen-bond donors (Lipinski definition) is 1. The second-order valence-corrected chi connectivity index (χ2v) is 7.00. The van der Waals surface area contributed by atoms with Gasteiger partial charge in [-0.3, -0.25) is 4.79 Å². The van der Waals surface area contributed by atoms with E-state index in [9.17, 15) is 13.2 Å². The van der Waals surface area contributed by atoms with Crippen molar-refractivity contribution in [3.63, 3.8) is 0 Å². The highest BCUT2D eigenvalue weighted by atomic mass is 35.5. The molecule has 0 aromatic heterocycles. The van der Waals surface area contributed by atoms with Gasteiger partial charge in [0, 0.05) is 31.4 Å². The highest BCUT2D eigenvalue weighted by molar-refractivity contribution is 7.87. The largest absolute Gasteiger partial charge is 0.314 e. The monoisotopic (exact) mass is 317 g/mol. The van der Waals surface area contributed by atoms with Gasteiger partial charge in [0.15, 0.2) is 0 Å². The molecule has 0 radical (unpaired) electrons. The maximum atomic E-state index is 12.3. The average Bonchev–Trinajstić information content (AvgIpc) is 2.65. The number of carbonyl (C=O) groups excluding carboxylic acids is 1. The van der Waals surface area contributed by atoms with Crippen LogP contribution >= 0.6 is 11.6 Å². The van der Waals surface area contributed by atoms with E-state index in [4.69, 9.17) is 11.6 Å². The third-order valence-electron chi connectivity index (χ3n) is 3.30. The summed E-state index contributed by atoms with van der Waals surface area (Å²) in [4.78, 5) is 13.7. The lowest BCUT2D eigenvalue weighted by Crippen LogP contribution is -2.44. The maximum absolute atomic E-state index is 12.3. The van der Waals surface area contributed by atoms with Crippen molar-refractivity contribution in [3.8, 4) is 0 Å². The van der Waals surface area contributed by atoms with Crippen molar-refractivity contribution in [2.75, 3.05) is 25.5 Å². The smallest absolute Gasteiger partial charge is 0.280 e. The van der Waals surface area contributed by atoms with E-state index in [0.717, 1.165) is 9.87 Å². The van der Waals surface area contributed by atoms with Crippen molar-refractivity contribution in [1.82, 2.24) is 9.03 Å². The van der Waals surface area contributed by atoms with Crippen LogP contribution in [-0.2, 0) is 15.0 Å². The van der Waals surface area contributed by atoms with E-state index in [1.165, 1.54) is 11.9 Å². The van der Waals surface area contributed by atoms with Crippen LogP contribution in [0.3, 0.4) is 0 Å². The second kappa shape index (κ2) is 5.33. The average molecular weight is 318 g/mol. The molecule has 0 saturated carbocycles. The minimum Gasteiger partial charge on any atom is -0.314 e. The van der Waals surface area contributed by atoms with Crippen LogP contribution in [-0.4, -0.2) is 45.3 Å². The number of hydrogen-bond acceptors (Lipinski definition) is 3. The summed E-state index contributed by atoms with van der Waals surface area (Å²) >= 11 is 5.95. The van der Waals surface area contributed by atoms with Gasteiger partial charge >= 0.3 is 0 Å². The number of benzene rings is 1. The van der Waals surface area contributed by atoms with Crippen molar-refractivity contribution < 1.29 is 13.2 Å². The van der Waals surface area contributed by atoms with Crippen LogP contribution in [0.2, 0.25) is 5.02 Å². The Morgan fingerprint density at radius 2 is 2.15 bits per heavy atom. The lowest BCUT2D eigenvalue weighted by molar-refractivity contribution is -0.119. The number of carbonyl (C=O) groups is 1. The van der Waals surface area contributed by atoms with Crippen molar-refractivity contribution in [2.24, 2.45) is 0 Å². The van der Waals surface area contributed by atoms with Crippen LogP contribution in [0.4, 0.5) is 5.69 Å². The zero-order valence-electron chi connectivity index (χ0n) is 11.4. The van der Waals surface area contributed by atoms with Crippen LogP contribution < -0.4 is 9.62 Å². The number of nitrogens with one attached hydrogen (secondary N) is 1. The summed E-state index contributed by atoms with van der Waals surface area (Å²) in [5.41, 5.74) is 1.53. The lowest BCUT2D eigenvalue weighted by atomic mass is 10.2. The first kappa shape index (κ1) is 15.2. The van der Waals surface area contributed by atoms with E-state index >= 15 is 0 Å². The normalized spacial score (nSPS) is 21.9. The lowest BCUT2D eigenvalue weighted by Gasteiger charge is -2.21. The van der Waals surface area contributed by atoms with Crippen LogP contribution in [0.15, 0.2) is 18.2 Å². The first-order valence-electron chi connectivity index (χ1n) is 5.99. The summed E-state index contributed by atoms with van der Waals surface area (Å²) in [6.07, 6.45) is 0. The van der Waals surface area contributed by atoms with E-state index in [2.05, 4.69) is 4.72 Å². The standard InChI is InChI=1S/C12H16ClN3O3S/c1-8-6-9(4-5-10(8)13)16(3)12(17)11-7-15(2)20(18,19)14-11/h4-6,11,14H,7H2,1-3H3/t11-/m0/s1. The number of anilines is 1. The first-order valence-corrected chi connectivity index (χ1v) is 7.81. The van der Waals surface area contributed by atoms with E-state index < -0.39 is 16.3 Å². The molecule has 1 saturated heterocycles. The van der Waals surface area contributed by atoms with Gasteiger partial charge in [-0.25, -0.2) is 0 Å². The van der Waals surface area contributed by atoms with Crippen LogP contribution in [0, 0.1) is 6.92 Å². The summed E-state index contributed by atoms with van der Waals surface area (Å²) in [5, 5.41) is 0.621. The van der Waals surface area contributed by atoms with Crippen LogP contribution in [0.5, 0.6) is 0 Å². The molecule has 1 aromatic rings. The Hall–Kier alpha value is -1.15. The molecule has 1 N–H and O–H groups in total. The molecule has 8 heteroatoms. The number of aryl methyl sites for hydroxylation is 1. The van der Waals surface area contributed by atoms with Gasteiger partial charge in [-0.2, -0.15) is 17.4 Å². The molecule has 0 spiro atoms. The quantitative estimate of drug-likeness (QED) is 0.875. The second-order valence-electron chi connectivity index (χ2n) is 4.79. The van der Waals surface area contributed by atoms with Crippen LogP contribution in [0.1, 0.15) is 5.56 Å². The Kier molecular flexibility index (Phi) is 4.06. The number of likely N-dealkylation sites (N-methyl/N-ethyl adjacent to an activating group) is 2. The topological polar surface area (TPSA) is 69.7 Å². The predicted molar refractivity (Wildman–Crippen MR) is 78.1 cm³/mol. The molecule has 110 valence electrons. The fraction of sp³-hybridized carbons (Fsp3) is 0.417. The Morgan fingerprint density at radius 3 is 2.65 bits per heavy atom. The molecule has 1 amide bonds. The van der Waals surface area contributed by atoms with E-state index in [1.807, 2.05) is 6.92 Å². The van der Waals surface area contributed by atoms with Gasteiger partial charge in [0.2, 0.25) is 5.91 Å². The third-order valence-corrected chi connectivity index (χ3v) is 5.27. The summed E-state index contributed by atoms with van der Waals surface area (Å²) in [6.45, 7) is 1.97. The number of rotatable bonds is 2. The Balaban J connectivity index is 2.19. The summed E-state index contributed by atoms with van der Waals surface area (Å²) in [5.74, 6) is -0.306. The Morgan fingerprint density at radius 1 is 1.50 bits per heavy atom. The van der Waals surface area contributed by atoms with Gasteiger partial charge in [-0.1, -0.05) is 11.6 Å². The molecule has 1 aromatic carbocycles. The molecule has 1 fully saturated rings. The van der Waals surface area contributed by atoms with Gasteiger partial charge in [-0.15, -0.1) is 0 Å². The molecule has 1 aliphatic rings. The first-order chi connectivity index (χ1) is 9.22. The highest BCUT2D eigenvalue weighted by Gasteiger charge is 2.38. The van der Waals surface area contributed by atoms with Gasteiger partial charge in [-0.05, 0) is 30.7 Å². The zero-order valence-corrected chi connectivity index (χ0v) is 13.0. The molecular weight excluding hydrogens is 302 g/mol. The SMILES string of the molecule is Cc1cc(N(C)C(=O)[C@@H]2CN(C)S(=O)(=O)N2)ccc1Cl. The molecular formula is C12H16ClN3O3S. The van der Waals surface area contributed by atoms with Gasteiger partial charge in [0.05, 0.1) is 0 Å². The van der Waals surface area contributed by atoms with Gasteiger partial charge in [0.25, 0.3) is 10.2 Å². The maximum Gasteiger partial charge on any atom is 0.280 e. The Labute approximate surface area is 123 Å². The molecule has 0 unspecified atom stereocenters. The molecule has 1 atom stereocenters. The molecule has 1 aliphatic heterocycles. The van der Waals surface area contributed by atoms with Crippen molar-refractivity contribution in [1.29, 1.82) is 0 Å². The van der Waals surface area contributed by atoms with E-state index in [1.54, 1.807) is 25.2 Å². The predicted octanol–water partition coefficient (Wildman–Crippen LogP) is 0.760. The fourth-order valence-electron chi connectivity index (χ4n) is 1.99. The zero-order chi connectivity index (χ0) is 15.1. The van der Waals surface area contributed by atoms with Crippen LogP contribution in [0.25, 0.3) is 0 Å². The minimum atomic E-state index is -3.54. The summed E-state index contributed by atoms with van der Waals surface area (Å²) in [7, 11) is -0.494. The van der Waals surface area contributed by atoms with Crippen molar-refractivity contribution >= 4 is 33.4 Å². The minimum absolute atomic E-state index is 0.123. The van der Waals surface area contributed by atoms with Gasteiger partial charge < -0.3 is 4.90 Å². The molecule has 0 aliphatic carbocycles. The Bertz CT molecular complexity index is 647. The highest BCUT2D eigenvalue weighted by Crippen LogP contribution is 2.23.